The van der Waals surface area contributed by atoms with E-state index in [0.29, 0.717) is 23.9 Å². The van der Waals surface area contributed by atoms with Gasteiger partial charge in [0.15, 0.2) is 0 Å². The lowest BCUT2D eigenvalue weighted by Crippen LogP contribution is -2.16. The van der Waals surface area contributed by atoms with Crippen LogP contribution in [0.25, 0.3) is 0 Å². The van der Waals surface area contributed by atoms with E-state index in [2.05, 4.69) is 11.9 Å². The van der Waals surface area contributed by atoms with Gasteiger partial charge in [0.05, 0.1) is 11.1 Å². The molecule has 0 heterocycles. The first kappa shape index (κ1) is 14.0. The summed E-state index contributed by atoms with van der Waals surface area (Å²) in [5.74, 6) is 0.607. The van der Waals surface area contributed by atoms with Crippen LogP contribution in [0.3, 0.4) is 0 Å². The highest BCUT2D eigenvalue weighted by atomic mass is 35.5. The van der Waals surface area contributed by atoms with Crippen LogP contribution in [-0.4, -0.2) is 25.3 Å². The molecule has 1 atom stereocenters. The Morgan fingerprint density at radius 1 is 1.59 bits per heavy atom. The number of hydrogen-bond acceptors (Lipinski definition) is 3. The van der Waals surface area contributed by atoms with Crippen LogP contribution in [0.15, 0.2) is 30.4 Å². The van der Waals surface area contributed by atoms with Gasteiger partial charge in [-0.3, -0.25) is 0 Å². The van der Waals surface area contributed by atoms with Crippen molar-refractivity contribution < 1.29 is 9.84 Å². The van der Waals surface area contributed by atoms with Crippen LogP contribution >= 0.6 is 11.6 Å². The summed E-state index contributed by atoms with van der Waals surface area (Å²) in [5.41, 5.74) is 1.70. The molecule has 0 bridgehead atoms. The van der Waals surface area contributed by atoms with Gasteiger partial charge in [0.2, 0.25) is 0 Å². The zero-order valence-electron chi connectivity index (χ0n) is 10.2. The standard InChI is InChI=1S/C13H18ClNO2/c1-9(2)8-17-13-5-4-10(6-11(13)14)12(16)7-15-3/h4-6,12,15-16H,1,7-8H2,2-3H3. The first-order valence-corrected chi connectivity index (χ1v) is 5.81. The predicted octanol–water partition coefficient (Wildman–Crippen LogP) is 2.55. The zero-order valence-corrected chi connectivity index (χ0v) is 10.9. The third kappa shape index (κ3) is 4.38. The van der Waals surface area contributed by atoms with Gasteiger partial charge >= 0.3 is 0 Å². The Balaban J connectivity index is 2.75. The molecule has 3 nitrogen and oxygen atoms in total. The summed E-state index contributed by atoms with van der Waals surface area (Å²) in [7, 11) is 1.79. The fraction of sp³-hybridized carbons (Fsp3) is 0.385. The number of rotatable bonds is 6. The molecule has 0 aliphatic rings. The van der Waals surface area contributed by atoms with E-state index in [1.54, 1.807) is 19.2 Å². The van der Waals surface area contributed by atoms with E-state index in [1.807, 2.05) is 13.0 Å². The first-order chi connectivity index (χ1) is 8.04. The highest BCUT2D eigenvalue weighted by molar-refractivity contribution is 6.32. The van der Waals surface area contributed by atoms with E-state index in [0.717, 1.165) is 11.1 Å². The van der Waals surface area contributed by atoms with E-state index in [-0.39, 0.29) is 0 Å². The Kier molecular flexibility index (Phi) is 5.48. The van der Waals surface area contributed by atoms with Crippen LogP contribution in [0.5, 0.6) is 5.75 Å². The SMILES string of the molecule is C=C(C)COc1ccc(C(O)CNC)cc1Cl. The zero-order chi connectivity index (χ0) is 12.8. The molecule has 94 valence electrons. The summed E-state index contributed by atoms with van der Waals surface area (Å²) in [4.78, 5) is 0. The normalized spacial score (nSPS) is 12.2. The van der Waals surface area contributed by atoms with Gasteiger partial charge in [0.25, 0.3) is 0 Å². The van der Waals surface area contributed by atoms with Gasteiger partial charge in [-0.15, -0.1) is 0 Å². The molecule has 0 radical (unpaired) electrons. The van der Waals surface area contributed by atoms with Crippen LogP contribution in [0, 0.1) is 0 Å². The number of nitrogens with one attached hydrogen (secondary N) is 1. The molecule has 0 fully saturated rings. The van der Waals surface area contributed by atoms with Crippen molar-refractivity contribution in [2.45, 2.75) is 13.0 Å². The van der Waals surface area contributed by atoms with Gasteiger partial charge in [-0.05, 0) is 37.2 Å². The lowest BCUT2D eigenvalue weighted by molar-refractivity contribution is 0.177. The molecule has 0 amide bonds. The lowest BCUT2D eigenvalue weighted by Gasteiger charge is -2.13. The average molecular weight is 256 g/mol. The number of benzene rings is 1. The second-order valence-electron chi connectivity index (χ2n) is 4.01. The molecule has 0 aliphatic heterocycles. The molecule has 0 aliphatic carbocycles. The predicted molar refractivity (Wildman–Crippen MR) is 70.6 cm³/mol. The molecule has 2 N–H and O–H groups in total. The number of ether oxygens (including phenoxy) is 1. The fourth-order valence-corrected chi connectivity index (χ4v) is 1.60. The minimum atomic E-state index is -0.562. The highest BCUT2D eigenvalue weighted by Crippen LogP contribution is 2.28. The second kappa shape index (κ2) is 6.64. The van der Waals surface area contributed by atoms with E-state index < -0.39 is 6.10 Å². The maximum atomic E-state index is 9.78. The van der Waals surface area contributed by atoms with Gasteiger partial charge < -0.3 is 15.2 Å². The number of aliphatic hydroxyl groups is 1. The minimum Gasteiger partial charge on any atom is -0.488 e. The molecule has 1 aromatic carbocycles. The lowest BCUT2D eigenvalue weighted by atomic mass is 10.1. The minimum absolute atomic E-state index is 0.443. The molecule has 0 aromatic heterocycles. The topological polar surface area (TPSA) is 41.5 Å². The summed E-state index contributed by atoms with van der Waals surface area (Å²) in [5, 5.41) is 13.2. The Morgan fingerprint density at radius 3 is 2.82 bits per heavy atom. The molecule has 0 saturated carbocycles. The number of aliphatic hydroxyl groups excluding tert-OH is 1. The fourth-order valence-electron chi connectivity index (χ4n) is 1.35. The molecule has 1 rings (SSSR count). The third-order valence-electron chi connectivity index (χ3n) is 2.21. The summed E-state index contributed by atoms with van der Waals surface area (Å²) in [6, 6.07) is 5.29. The van der Waals surface area contributed by atoms with Gasteiger partial charge in [0.1, 0.15) is 12.4 Å². The van der Waals surface area contributed by atoms with Crippen molar-refractivity contribution in [1.29, 1.82) is 0 Å². The van der Waals surface area contributed by atoms with Crippen molar-refractivity contribution in [3.05, 3.63) is 40.9 Å². The molecular formula is C13H18ClNO2. The Morgan fingerprint density at radius 2 is 2.29 bits per heavy atom. The van der Waals surface area contributed by atoms with Crippen molar-refractivity contribution >= 4 is 11.6 Å². The van der Waals surface area contributed by atoms with Crippen molar-refractivity contribution in [3.63, 3.8) is 0 Å². The number of halogens is 1. The van der Waals surface area contributed by atoms with Gasteiger partial charge in [-0.2, -0.15) is 0 Å². The van der Waals surface area contributed by atoms with E-state index in [1.165, 1.54) is 0 Å². The molecule has 1 aromatic rings. The monoisotopic (exact) mass is 255 g/mol. The van der Waals surface area contributed by atoms with Crippen molar-refractivity contribution in [1.82, 2.24) is 5.32 Å². The second-order valence-corrected chi connectivity index (χ2v) is 4.42. The molecule has 0 saturated heterocycles. The van der Waals surface area contributed by atoms with E-state index >= 15 is 0 Å². The Labute approximate surface area is 107 Å². The van der Waals surface area contributed by atoms with Gasteiger partial charge in [-0.1, -0.05) is 24.2 Å². The van der Waals surface area contributed by atoms with Crippen molar-refractivity contribution in [2.75, 3.05) is 20.2 Å². The van der Waals surface area contributed by atoms with Crippen LogP contribution in [-0.2, 0) is 0 Å². The summed E-state index contributed by atoms with van der Waals surface area (Å²) >= 11 is 6.07. The number of hydrogen-bond donors (Lipinski definition) is 2. The van der Waals surface area contributed by atoms with Gasteiger partial charge in [0, 0.05) is 6.54 Å². The van der Waals surface area contributed by atoms with Gasteiger partial charge in [-0.25, -0.2) is 0 Å². The first-order valence-electron chi connectivity index (χ1n) is 5.44. The van der Waals surface area contributed by atoms with E-state index in [4.69, 9.17) is 16.3 Å². The summed E-state index contributed by atoms with van der Waals surface area (Å²) < 4.78 is 5.46. The van der Waals surface area contributed by atoms with Crippen LogP contribution in [0.4, 0.5) is 0 Å². The molecule has 17 heavy (non-hydrogen) atoms. The quantitative estimate of drug-likeness (QED) is 0.768. The highest BCUT2D eigenvalue weighted by Gasteiger charge is 2.09. The Bertz CT molecular complexity index is 393. The number of likely N-dealkylation sites (N-methyl/N-ethyl adjacent to an activating group) is 1. The molecular weight excluding hydrogens is 238 g/mol. The summed E-state index contributed by atoms with van der Waals surface area (Å²) in [6.07, 6.45) is -0.562. The van der Waals surface area contributed by atoms with Crippen LogP contribution in [0.1, 0.15) is 18.6 Å². The average Bonchev–Trinajstić information content (AvgIpc) is 2.27. The van der Waals surface area contributed by atoms with E-state index in [9.17, 15) is 5.11 Å². The largest absolute Gasteiger partial charge is 0.488 e. The Hall–Kier alpha value is -1.03. The summed E-state index contributed by atoms with van der Waals surface area (Å²) in [6.45, 7) is 6.57. The third-order valence-corrected chi connectivity index (χ3v) is 2.51. The maximum Gasteiger partial charge on any atom is 0.138 e. The van der Waals surface area contributed by atoms with Crippen LogP contribution < -0.4 is 10.1 Å². The molecule has 4 heteroatoms. The maximum absolute atomic E-state index is 9.78. The van der Waals surface area contributed by atoms with Crippen molar-refractivity contribution in [2.24, 2.45) is 0 Å². The van der Waals surface area contributed by atoms with Crippen LogP contribution in [0.2, 0.25) is 5.02 Å². The van der Waals surface area contributed by atoms with Crippen molar-refractivity contribution in [3.8, 4) is 5.75 Å². The molecule has 0 spiro atoms. The smallest absolute Gasteiger partial charge is 0.138 e. The molecule has 1 unspecified atom stereocenters.